The van der Waals surface area contributed by atoms with E-state index in [-0.39, 0.29) is 6.61 Å². The molecule has 4 rings (SSSR count). The zero-order valence-electron chi connectivity index (χ0n) is 18.2. The average Bonchev–Trinajstić information content (AvgIpc) is 3.47. The fraction of sp³-hybridized carbons (Fsp3) is 0.217. The molecule has 3 aromatic heterocycles. The minimum absolute atomic E-state index is 0.284. The molecule has 0 aliphatic carbocycles. The molecule has 2 N–H and O–H groups in total. The van der Waals surface area contributed by atoms with Crippen LogP contribution in [-0.2, 0) is 11.3 Å². The molecule has 4 aromatic rings. The number of nitrogens with one attached hydrogen (secondary N) is 2. The van der Waals surface area contributed by atoms with Crippen molar-refractivity contribution in [3.63, 3.8) is 0 Å². The molecule has 0 fully saturated rings. The first-order valence-corrected chi connectivity index (χ1v) is 11.2. The third-order valence-electron chi connectivity index (χ3n) is 4.69. The summed E-state index contributed by atoms with van der Waals surface area (Å²) in [4.78, 5) is 30.7. The van der Waals surface area contributed by atoms with Gasteiger partial charge in [0.1, 0.15) is 0 Å². The van der Waals surface area contributed by atoms with E-state index in [0.29, 0.717) is 46.9 Å². The molecule has 0 atom stereocenters. The van der Waals surface area contributed by atoms with Crippen LogP contribution in [0.5, 0.6) is 11.5 Å². The van der Waals surface area contributed by atoms with E-state index in [9.17, 15) is 9.59 Å². The second kappa shape index (κ2) is 10.1. The Hall–Kier alpha value is -3.92. The molecule has 9 nitrogen and oxygen atoms in total. The molecular formula is C23H23N5O4S. The number of pyridine rings is 1. The lowest BCUT2D eigenvalue weighted by molar-refractivity contribution is -0.123. The Morgan fingerprint density at radius 3 is 2.61 bits per heavy atom. The lowest BCUT2D eigenvalue weighted by atomic mass is 10.1. The van der Waals surface area contributed by atoms with Crippen molar-refractivity contribution in [3.8, 4) is 11.5 Å². The predicted molar refractivity (Wildman–Crippen MR) is 124 cm³/mol. The molecule has 0 saturated carbocycles. The Balaban J connectivity index is 1.41. The predicted octanol–water partition coefficient (Wildman–Crippen LogP) is 3.09. The molecule has 1 aromatic carbocycles. The van der Waals surface area contributed by atoms with E-state index in [2.05, 4.69) is 20.9 Å². The van der Waals surface area contributed by atoms with Gasteiger partial charge in [-0.05, 0) is 43.5 Å². The summed E-state index contributed by atoms with van der Waals surface area (Å²) in [6.45, 7) is 4.43. The van der Waals surface area contributed by atoms with Crippen LogP contribution < -0.4 is 20.3 Å². The van der Waals surface area contributed by atoms with E-state index < -0.39 is 11.8 Å². The second-order valence-corrected chi connectivity index (χ2v) is 8.13. The molecule has 0 saturated heterocycles. The van der Waals surface area contributed by atoms with Crippen LogP contribution in [0.2, 0.25) is 0 Å². The van der Waals surface area contributed by atoms with E-state index in [1.54, 1.807) is 53.4 Å². The number of hydrogen-bond acceptors (Lipinski definition) is 7. The van der Waals surface area contributed by atoms with Gasteiger partial charge in [0.15, 0.2) is 23.8 Å². The fourth-order valence-corrected chi connectivity index (χ4v) is 3.93. The molecule has 170 valence electrons. The molecule has 10 heteroatoms. The van der Waals surface area contributed by atoms with E-state index in [4.69, 9.17) is 9.47 Å². The zero-order valence-corrected chi connectivity index (χ0v) is 19.0. The van der Waals surface area contributed by atoms with Gasteiger partial charge in [-0.3, -0.25) is 20.4 Å². The van der Waals surface area contributed by atoms with Crippen LogP contribution in [0.25, 0.3) is 11.0 Å². The smallest absolute Gasteiger partial charge is 0.276 e. The highest BCUT2D eigenvalue weighted by atomic mass is 32.1. The third kappa shape index (κ3) is 5.29. The first-order chi connectivity index (χ1) is 16.0. The van der Waals surface area contributed by atoms with Gasteiger partial charge in [-0.1, -0.05) is 18.2 Å². The van der Waals surface area contributed by atoms with Gasteiger partial charge in [0.05, 0.1) is 30.3 Å². The maximum Gasteiger partial charge on any atom is 0.276 e. The average molecular weight is 466 g/mol. The number of rotatable bonds is 8. The van der Waals surface area contributed by atoms with Gasteiger partial charge in [0, 0.05) is 10.6 Å². The summed E-state index contributed by atoms with van der Waals surface area (Å²) in [5.74, 6) is 0.0193. The highest BCUT2D eigenvalue weighted by molar-refractivity contribution is 7.09. The summed E-state index contributed by atoms with van der Waals surface area (Å²) >= 11 is 1.63. The summed E-state index contributed by atoms with van der Waals surface area (Å²) in [6, 6.07) is 12.7. The maximum absolute atomic E-state index is 12.8. The van der Waals surface area contributed by atoms with Gasteiger partial charge < -0.3 is 9.47 Å². The number of para-hydroxylation sites is 2. The van der Waals surface area contributed by atoms with Gasteiger partial charge in [-0.2, -0.15) is 5.10 Å². The van der Waals surface area contributed by atoms with Crippen LogP contribution >= 0.6 is 11.3 Å². The number of ether oxygens (including phenoxy) is 2. The Morgan fingerprint density at radius 2 is 1.88 bits per heavy atom. The summed E-state index contributed by atoms with van der Waals surface area (Å²) in [5, 5.41) is 7.00. The van der Waals surface area contributed by atoms with Gasteiger partial charge in [-0.15, -0.1) is 11.3 Å². The van der Waals surface area contributed by atoms with Gasteiger partial charge in [0.25, 0.3) is 11.8 Å². The van der Waals surface area contributed by atoms with Crippen molar-refractivity contribution in [1.82, 2.24) is 25.6 Å². The van der Waals surface area contributed by atoms with E-state index in [1.807, 2.05) is 30.5 Å². The summed E-state index contributed by atoms with van der Waals surface area (Å²) in [5.41, 5.74) is 6.47. The quantitative estimate of drug-likeness (QED) is 0.387. The van der Waals surface area contributed by atoms with E-state index in [1.165, 1.54) is 0 Å². The topological polar surface area (TPSA) is 107 Å². The van der Waals surface area contributed by atoms with Crippen molar-refractivity contribution in [3.05, 3.63) is 70.2 Å². The first-order valence-electron chi connectivity index (χ1n) is 10.3. The van der Waals surface area contributed by atoms with Crippen molar-refractivity contribution in [2.75, 3.05) is 13.2 Å². The van der Waals surface area contributed by atoms with Gasteiger partial charge >= 0.3 is 0 Å². The Labute approximate surface area is 194 Å². The SMILES string of the molecule is CCOc1ccccc1OCC(=O)NNC(=O)c1cc(C)nc2c1cnn2Cc1cccs1. The molecule has 33 heavy (non-hydrogen) atoms. The normalized spacial score (nSPS) is 10.7. The standard InChI is InChI=1S/C23H23N5O4S/c1-3-31-19-8-4-5-9-20(19)32-14-21(29)26-27-23(30)17-11-15(2)25-22-18(17)12-24-28(22)13-16-7-6-10-33-16/h4-12H,3,13-14H2,1-2H3,(H,26,29)(H,27,30). The molecule has 3 heterocycles. The third-order valence-corrected chi connectivity index (χ3v) is 5.55. The Bertz CT molecular complexity index is 1270. The van der Waals surface area contributed by atoms with Crippen LogP contribution in [0.3, 0.4) is 0 Å². The number of aromatic nitrogens is 3. The number of benzene rings is 1. The van der Waals surface area contributed by atoms with Crippen molar-refractivity contribution in [1.29, 1.82) is 0 Å². The first kappa shape index (κ1) is 22.3. The van der Waals surface area contributed by atoms with Crippen molar-refractivity contribution in [2.45, 2.75) is 20.4 Å². The van der Waals surface area contributed by atoms with Crippen LogP contribution in [0.1, 0.15) is 27.9 Å². The van der Waals surface area contributed by atoms with E-state index in [0.717, 1.165) is 4.88 Å². The lowest BCUT2D eigenvalue weighted by Gasteiger charge is -2.12. The van der Waals surface area contributed by atoms with Crippen molar-refractivity contribution >= 4 is 34.2 Å². The summed E-state index contributed by atoms with van der Waals surface area (Å²) in [6.07, 6.45) is 1.61. The molecule has 0 spiro atoms. The van der Waals surface area contributed by atoms with Gasteiger partial charge in [-0.25, -0.2) is 9.67 Å². The molecule has 0 unspecified atom stereocenters. The minimum atomic E-state index is -0.509. The Morgan fingerprint density at radius 1 is 1.09 bits per heavy atom. The number of carbonyl (C=O) groups excluding carboxylic acids is 2. The number of aryl methyl sites for hydroxylation is 1. The summed E-state index contributed by atoms with van der Waals surface area (Å²) < 4.78 is 12.8. The van der Waals surface area contributed by atoms with Crippen LogP contribution in [-0.4, -0.2) is 39.8 Å². The van der Waals surface area contributed by atoms with Crippen molar-refractivity contribution in [2.24, 2.45) is 0 Å². The molecule has 0 aliphatic rings. The fourth-order valence-electron chi connectivity index (χ4n) is 3.24. The molecule has 0 bridgehead atoms. The monoisotopic (exact) mass is 465 g/mol. The number of thiophene rings is 1. The van der Waals surface area contributed by atoms with Gasteiger partial charge in [0.2, 0.25) is 0 Å². The summed E-state index contributed by atoms with van der Waals surface area (Å²) in [7, 11) is 0. The van der Waals surface area contributed by atoms with Crippen LogP contribution in [0, 0.1) is 6.92 Å². The maximum atomic E-state index is 12.8. The zero-order chi connectivity index (χ0) is 23.2. The molecular weight excluding hydrogens is 442 g/mol. The van der Waals surface area contributed by atoms with Crippen LogP contribution in [0.4, 0.5) is 0 Å². The number of carbonyl (C=O) groups is 2. The lowest BCUT2D eigenvalue weighted by Crippen LogP contribution is -2.43. The number of amides is 2. The second-order valence-electron chi connectivity index (χ2n) is 7.10. The van der Waals surface area contributed by atoms with Crippen molar-refractivity contribution < 1.29 is 19.1 Å². The molecule has 0 radical (unpaired) electrons. The highest BCUT2D eigenvalue weighted by Gasteiger charge is 2.17. The number of fused-ring (bicyclic) bond motifs is 1. The molecule has 2 amide bonds. The largest absolute Gasteiger partial charge is 0.490 e. The van der Waals surface area contributed by atoms with Crippen LogP contribution in [0.15, 0.2) is 54.0 Å². The minimum Gasteiger partial charge on any atom is -0.490 e. The Kier molecular flexibility index (Phi) is 6.84. The molecule has 0 aliphatic heterocycles. The number of hydrazine groups is 1. The number of nitrogens with zero attached hydrogens (tertiary/aromatic N) is 3. The number of hydrogen-bond donors (Lipinski definition) is 2. The highest BCUT2D eigenvalue weighted by Crippen LogP contribution is 2.26. The van der Waals surface area contributed by atoms with E-state index >= 15 is 0 Å².